The molecule has 0 saturated heterocycles. The second kappa shape index (κ2) is 19.5. The fourth-order valence-electron chi connectivity index (χ4n) is 1.28. The van der Waals surface area contributed by atoms with Crippen LogP contribution in [0.4, 0.5) is 0 Å². The van der Waals surface area contributed by atoms with E-state index in [9.17, 15) is 0 Å². The van der Waals surface area contributed by atoms with Crippen molar-refractivity contribution in [2.45, 2.75) is 19.8 Å². The average molecular weight is 404 g/mol. The number of halogens is 1. The van der Waals surface area contributed by atoms with Gasteiger partial charge in [-0.15, -0.1) is 0 Å². The molecule has 0 spiro atoms. The van der Waals surface area contributed by atoms with Gasteiger partial charge in [-0.1, -0.05) is 35.9 Å². The number of unbranched alkanes of at least 4 members (excludes halogenated alkanes) is 1. The predicted molar refractivity (Wildman–Crippen MR) is 87.9 cm³/mol. The molecule has 5 nitrogen and oxygen atoms in total. The van der Waals surface area contributed by atoms with Gasteiger partial charge in [-0.2, -0.15) is 0 Å². The fourth-order valence-corrected chi connectivity index (χ4v) is 1.59. The average Bonchev–Trinajstić information content (AvgIpc) is 2.47. The monoisotopic (exact) mass is 404 g/mol. The molecule has 0 aliphatic carbocycles. The quantitative estimate of drug-likeness (QED) is 0.212. The summed E-state index contributed by atoms with van der Waals surface area (Å²) in [6.07, 6.45) is 2.29. The van der Waals surface area contributed by atoms with Gasteiger partial charge in [0.25, 0.3) is 0 Å². The molecule has 0 amide bonds. The summed E-state index contributed by atoms with van der Waals surface area (Å²) in [4.78, 5) is 0. The highest BCUT2D eigenvalue weighted by molar-refractivity contribution is 14.1. The van der Waals surface area contributed by atoms with Gasteiger partial charge in [0.05, 0.1) is 59.5 Å². The lowest BCUT2D eigenvalue weighted by Crippen LogP contribution is -2.13. The summed E-state index contributed by atoms with van der Waals surface area (Å²) in [6.45, 7) is 8.78. The molecule has 0 rings (SSSR count). The summed E-state index contributed by atoms with van der Waals surface area (Å²) in [6, 6.07) is 0. The summed E-state index contributed by atoms with van der Waals surface area (Å²) < 4.78 is 27.8. The van der Waals surface area contributed by atoms with Crippen LogP contribution in [0.3, 0.4) is 0 Å². The van der Waals surface area contributed by atoms with Crippen molar-refractivity contribution in [3.8, 4) is 0 Å². The summed E-state index contributed by atoms with van der Waals surface area (Å²) in [5, 5.41) is 0. The number of alkyl halides is 1. The summed E-state index contributed by atoms with van der Waals surface area (Å²) in [5.74, 6) is 0. The fraction of sp³-hybridized carbons (Fsp3) is 1.00. The van der Waals surface area contributed by atoms with Crippen LogP contribution in [0.2, 0.25) is 0 Å². The zero-order valence-corrected chi connectivity index (χ0v) is 14.8. The standard InChI is InChI=1S/C14H29IO5/c1-2-3-5-16-7-9-18-11-13-20-14-12-19-10-8-17-6-4-15/h2-14H2,1H3. The Morgan fingerprint density at radius 1 is 0.550 bits per heavy atom. The van der Waals surface area contributed by atoms with Crippen LogP contribution in [0.5, 0.6) is 0 Å². The van der Waals surface area contributed by atoms with Gasteiger partial charge in [0.2, 0.25) is 0 Å². The SMILES string of the molecule is CCCCOCCOCCOCCOCCOCCI. The van der Waals surface area contributed by atoms with Crippen LogP contribution in [-0.4, -0.2) is 70.5 Å². The Morgan fingerprint density at radius 3 is 1.25 bits per heavy atom. The third-order valence-corrected chi connectivity index (χ3v) is 2.79. The Labute approximate surface area is 136 Å². The van der Waals surface area contributed by atoms with Crippen molar-refractivity contribution in [2.24, 2.45) is 0 Å². The van der Waals surface area contributed by atoms with Gasteiger partial charge in [0.15, 0.2) is 0 Å². The van der Waals surface area contributed by atoms with E-state index in [4.69, 9.17) is 23.7 Å². The van der Waals surface area contributed by atoms with Gasteiger partial charge < -0.3 is 23.7 Å². The molecule has 0 aromatic heterocycles. The number of hydrogen-bond acceptors (Lipinski definition) is 5. The van der Waals surface area contributed by atoms with E-state index in [-0.39, 0.29) is 0 Å². The lowest BCUT2D eigenvalue weighted by atomic mass is 10.4. The molecule has 6 heteroatoms. The Morgan fingerprint density at radius 2 is 0.900 bits per heavy atom. The largest absolute Gasteiger partial charge is 0.379 e. The zero-order valence-electron chi connectivity index (χ0n) is 12.6. The second-order valence-electron chi connectivity index (χ2n) is 4.10. The van der Waals surface area contributed by atoms with E-state index in [0.717, 1.165) is 24.1 Å². The minimum atomic E-state index is 0.600. The topological polar surface area (TPSA) is 46.2 Å². The molecule has 122 valence electrons. The van der Waals surface area contributed by atoms with Crippen molar-refractivity contribution in [1.82, 2.24) is 0 Å². The maximum Gasteiger partial charge on any atom is 0.0701 e. The van der Waals surface area contributed by atoms with E-state index in [0.29, 0.717) is 52.9 Å². The first-order chi connectivity index (χ1) is 9.91. The minimum absolute atomic E-state index is 0.600. The molecule has 0 heterocycles. The highest BCUT2D eigenvalue weighted by Gasteiger charge is 1.93. The van der Waals surface area contributed by atoms with Crippen molar-refractivity contribution in [3.05, 3.63) is 0 Å². The Kier molecular flexibility index (Phi) is 20.0. The normalized spacial score (nSPS) is 11.1. The molecule has 0 aliphatic rings. The number of rotatable bonds is 17. The molecule has 0 fully saturated rings. The molecule has 0 atom stereocenters. The zero-order chi connectivity index (χ0) is 14.7. The van der Waals surface area contributed by atoms with Crippen LogP contribution in [0.15, 0.2) is 0 Å². The van der Waals surface area contributed by atoms with Crippen molar-refractivity contribution < 1.29 is 23.7 Å². The molecule has 0 saturated carbocycles. The Balaban J connectivity index is 2.89. The highest BCUT2D eigenvalue weighted by atomic mass is 127. The van der Waals surface area contributed by atoms with Gasteiger partial charge in [-0.3, -0.25) is 0 Å². The maximum absolute atomic E-state index is 5.38. The second-order valence-corrected chi connectivity index (χ2v) is 5.18. The first-order valence-electron chi connectivity index (χ1n) is 7.36. The van der Waals surface area contributed by atoms with Crippen molar-refractivity contribution in [1.29, 1.82) is 0 Å². The first-order valence-corrected chi connectivity index (χ1v) is 8.89. The molecule has 0 radical (unpaired) electrons. The summed E-state index contributed by atoms with van der Waals surface area (Å²) in [5.41, 5.74) is 0. The number of ether oxygens (including phenoxy) is 5. The summed E-state index contributed by atoms with van der Waals surface area (Å²) in [7, 11) is 0. The summed E-state index contributed by atoms with van der Waals surface area (Å²) >= 11 is 2.28. The molecule has 0 aromatic rings. The van der Waals surface area contributed by atoms with Crippen LogP contribution in [0, 0.1) is 0 Å². The molecule has 0 bridgehead atoms. The lowest BCUT2D eigenvalue weighted by Gasteiger charge is -2.07. The van der Waals surface area contributed by atoms with E-state index in [1.54, 1.807) is 0 Å². The third-order valence-electron chi connectivity index (χ3n) is 2.35. The van der Waals surface area contributed by atoms with Gasteiger partial charge >= 0.3 is 0 Å². The Hall–Kier alpha value is 0.530. The first kappa shape index (κ1) is 20.5. The highest BCUT2D eigenvalue weighted by Crippen LogP contribution is 1.88. The molecular weight excluding hydrogens is 375 g/mol. The third kappa shape index (κ3) is 18.5. The van der Waals surface area contributed by atoms with Gasteiger partial charge in [-0.05, 0) is 6.42 Å². The van der Waals surface area contributed by atoms with Crippen LogP contribution >= 0.6 is 22.6 Å². The van der Waals surface area contributed by atoms with Crippen molar-refractivity contribution >= 4 is 22.6 Å². The molecule has 0 unspecified atom stereocenters. The van der Waals surface area contributed by atoms with Crippen molar-refractivity contribution in [3.63, 3.8) is 0 Å². The Bertz CT molecular complexity index is 154. The predicted octanol–water partition coefficient (Wildman–Crippen LogP) is 2.30. The maximum atomic E-state index is 5.38. The smallest absolute Gasteiger partial charge is 0.0701 e. The van der Waals surface area contributed by atoms with E-state index in [1.807, 2.05) is 0 Å². The minimum Gasteiger partial charge on any atom is -0.379 e. The van der Waals surface area contributed by atoms with E-state index in [1.165, 1.54) is 6.42 Å². The van der Waals surface area contributed by atoms with E-state index >= 15 is 0 Å². The lowest BCUT2D eigenvalue weighted by molar-refractivity contribution is -0.0101. The molecule has 20 heavy (non-hydrogen) atoms. The molecule has 0 aliphatic heterocycles. The van der Waals surface area contributed by atoms with Crippen molar-refractivity contribution in [2.75, 3.05) is 70.5 Å². The van der Waals surface area contributed by atoms with Crippen LogP contribution in [-0.2, 0) is 23.7 Å². The van der Waals surface area contributed by atoms with Crippen LogP contribution in [0.1, 0.15) is 19.8 Å². The van der Waals surface area contributed by atoms with E-state index in [2.05, 4.69) is 29.5 Å². The van der Waals surface area contributed by atoms with Gasteiger partial charge in [-0.25, -0.2) is 0 Å². The molecule has 0 aromatic carbocycles. The van der Waals surface area contributed by atoms with E-state index < -0.39 is 0 Å². The molecular formula is C14H29IO5. The van der Waals surface area contributed by atoms with Crippen LogP contribution < -0.4 is 0 Å². The van der Waals surface area contributed by atoms with Gasteiger partial charge in [0.1, 0.15) is 0 Å². The number of hydrogen-bond donors (Lipinski definition) is 0. The van der Waals surface area contributed by atoms with Gasteiger partial charge in [0, 0.05) is 11.0 Å². The van der Waals surface area contributed by atoms with Crippen LogP contribution in [0.25, 0.3) is 0 Å². The molecule has 0 N–H and O–H groups in total.